The largest absolute Gasteiger partial charge is 0.418 e. The van der Waals surface area contributed by atoms with Crippen LogP contribution in [0.5, 0.6) is 0 Å². The first-order chi connectivity index (χ1) is 10.3. The lowest BCUT2D eigenvalue weighted by atomic mass is 10.1. The molecule has 1 N–H and O–H groups in total. The van der Waals surface area contributed by atoms with E-state index in [2.05, 4.69) is 5.32 Å². The zero-order chi connectivity index (χ0) is 16.3. The Morgan fingerprint density at radius 3 is 2.59 bits per heavy atom. The fourth-order valence-electron chi connectivity index (χ4n) is 2.23. The minimum absolute atomic E-state index is 0.0356. The van der Waals surface area contributed by atoms with Crippen molar-refractivity contribution >= 4 is 23.2 Å². The third-order valence-electron chi connectivity index (χ3n) is 3.52. The van der Waals surface area contributed by atoms with Gasteiger partial charge in [0.2, 0.25) is 5.91 Å². The summed E-state index contributed by atoms with van der Waals surface area (Å²) in [6, 6.07) is 2.73. The summed E-state index contributed by atoms with van der Waals surface area (Å²) in [6.07, 6.45) is -4.59. The van der Waals surface area contributed by atoms with Crippen molar-refractivity contribution < 1.29 is 22.7 Å². The second kappa shape index (κ2) is 6.85. The first-order valence-corrected chi connectivity index (χ1v) is 7.16. The van der Waals surface area contributed by atoms with Crippen LogP contribution in [-0.2, 0) is 15.7 Å². The summed E-state index contributed by atoms with van der Waals surface area (Å²) >= 11 is 5.61. The molecule has 0 saturated carbocycles. The van der Waals surface area contributed by atoms with Crippen molar-refractivity contribution in [3.8, 4) is 0 Å². The van der Waals surface area contributed by atoms with Gasteiger partial charge in [-0.05, 0) is 25.1 Å². The smallest absolute Gasteiger partial charge is 0.379 e. The first-order valence-electron chi connectivity index (χ1n) is 6.78. The van der Waals surface area contributed by atoms with E-state index in [1.807, 2.05) is 4.90 Å². The van der Waals surface area contributed by atoms with Gasteiger partial charge in [-0.3, -0.25) is 9.69 Å². The number of hydrogen-bond acceptors (Lipinski definition) is 3. The van der Waals surface area contributed by atoms with Crippen molar-refractivity contribution in [3.63, 3.8) is 0 Å². The molecule has 8 heteroatoms. The minimum Gasteiger partial charge on any atom is -0.379 e. The molecule has 1 aliphatic heterocycles. The Balaban J connectivity index is 2.14. The van der Waals surface area contributed by atoms with Crippen LogP contribution in [0.1, 0.15) is 12.5 Å². The van der Waals surface area contributed by atoms with Crippen LogP contribution in [0.4, 0.5) is 18.9 Å². The molecule has 1 fully saturated rings. The fraction of sp³-hybridized carbons (Fsp3) is 0.500. The molecule has 2 rings (SSSR count). The Bertz CT molecular complexity index is 545. The molecule has 122 valence electrons. The molecule has 1 aromatic rings. The summed E-state index contributed by atoms with van der Waals surface area (Å²) in [5.41, 5.74) is -1.25. The number of anilines is 1. The Hall–Kier alpha value is -1.31. The number of alkyl halides is 3. The van der Waals surface area contributed by atoms with Gasteiger partial charge in [-0.15, -0.1) is 0 Å². The van der Waals surface area contributed by atoms with E-state index in [0.29, 0.717) is 26.3 Å². The number of nitrogens with one attached hydrogen (secondary N) is 1. The second-order valence-electron chi connectivity index (χ2n) is 5.00. The van der Waals surface area contributed by atoms with Gasteiger partial charge < -0.3 is 10.1 Å². The van der Waals surface area contributed by atoms with E-state index in [1.165, 1.54) is 6.07 Å². The molecule has 4 nitrogen and oxygen atoms in total. The summed E-state index contributed by atoms with van der Waals surface area (Å²) in [4.78, 5) is 14.0. The van der Waals surface area contributed by atoms with E-state index in [1.54, 1.807) is 6.92 Å². The number of ether oxygens (including phenoxy) is 1. The Kier molecular flexibility index (Phi) is 5.31. The SMILES string of the molecule is C[C@H](C(=O)Nc1ccc(Cl)cc1C(F)(F)F)N1CCOCC1. The van der Waals surface area contributed by atoms with Crippen molar-refractivity contribution in [1.82, 2.24) is 4.90 Å². The number of amides is 1. The molecule has 0 spiro atoms. The third kappa shape index (κ3) is 4.12. The number of morpholine rings is 1. The first kappa shape index (κ1) is 17.1. The Morgan fingerprint density at radius 1 is 1.36 bits per heavy atom. The zero-order valence-corrected chi connectivity index (χ0v) is 12.7. The van der Waals surface area contributed by atoms with Crippen molar-refractivity contribution in [1.29, 1.82) is 0 Å². The number of carbonyl (C=O) groups excluding carboxylic acids is 1. The van der Waals surface area contributed by atoms with Gasteiger partial charge in [0.05, 0.1) is 30.5 Å². The lowest BCUT2D eigenvalue weighted by Crippen LogP contribution is -2.47. The standard InChI is InChI=1S/C14H16ClF3N2O2/c1-9(20-4-6-22-7-5-20)13(21)19-12-3-2-10(15)8-11(12)14(16,17)18/h2-3,8-9H,4-7H2,1H3,(H,19,21)/t9-/m1/s1. The summed E-state index contributed by atoms with van der Waals surface area (Å²) in [5.74, 6) is -0.491. The van der Waals surface area contributed by atoms with Crippen LogP contribution in [-0.4, -0.2) is 43.2 Å². The molecule has 0 radical (unpaired) electrons. The van der Waals surface area contributed by atoms with Gasteiger partial charge in [0.1, 0.15) is 0 Å². The maximum absolute atomic E-state index is 13.0. The lowest BCUT2D eigenvalue weighted by molar-refractivity contribution is -0.137. The van der Waals surface area contributed by atoms with Crippen LogP contribution in [0, 0.1) is 0 Å². The number of rotatable bonds is 3. The molecule has 1 saturated heterocycles. The molecule has 1 atom stereocenters. The molecule has 1 aliphatic rings. The van der Waals surface area contributed by atoms with E-state index in [0.717, 1.165) is 12.1 Å². The lowest BCUT2D eigenvalue weighted by Gasteiger charge is -2.31. The molecule has 0 unspecified atom stereocenters. The van der Waals surface area contributed by atoms with E-state index in [-0.39, 0.29) is 10.7 Å². The highest BCUT2D eigenvalue weighted by Gasteiger charge is 2.35. The monoisotopic (exact) mass is 336 g/mol. The quantitative estimate of drug-likeness (QED) is 0.922. The average Bonchev–Trinajstić information content (AvgIpc) is 2.48. The van der Waals surface area contributed by atoms with E-state index < -0.39 is 23.7 Å². The van der Waals surface area contributed by atoms with E-state index in [9.17, 15) is 18.0 Å². The normalized spacial score (nSPS) is 18.0. The number of carbonyl (C=O) groups is 1. The van der Waals surface area contributed by atoms with Crippen LogP contribution in [0.25, 0.3) is 0 Å². The highest BCUT2D eigenvalue weighted by Crippen LogP contribution is 2.36. The average molecular weight is 337 g/mol. The highest BCUT2D eigenvalue weighted by molar-refractivity contribution is 6.30. The van der Waals surface area contributed by atoms with Crippen molar-refractivity contribution in [2.24, 2.45) is 0 Å². The number of benzene rings is 1. The molecule has 1 aromatic carbocycles. The molecule has 22 heavy (non-hydrogen) atoms. The van der Waals surface area contributed by atoms with Gasteiger partial charge in [0.25, 0.3) is 0 Å². The minimum atomic E-state index is -4.59. The second-order valence-corrected chi connectivity index (χ2v) is 5.44. The van der Waals surface area contributed by atoms with Crippen molar-refractivity contribution in [2.45, 2.75) is 19.1 Å². The summed E-state index contributed by atoms with van der Waals surface area (Å²) in [5, 5.41) is 2.31. The van der Waals surface area contributed by atoms with Gasteiger partial charge in [-0.2, -0.15) is 13.2 Å². The highest BCUT2D eigenvalue weighted by atomic mass is 35.5. The van der Waals surface area contributed by atoms with Crippen molar-refractivity contribution in [2.75, 3.05) is 31.6 Å². The van der Waals surface area contributed by atoms with Crippen LogP contribution >= 0.6 is 11.6 Å². The summed E-state index contributed by atoms with van der Waals surface area (Å²) in [6.45, 7) is 3.81. The van der Waals surface area contributed by atoms with Crippen LogP contribution in [0.15, 0.2) is 18.2 Å². The van der Waals surface area contributed by atoms with Gasteiger partial charge in [0, 0.05) is 18.1 Å². The van der Waals surface area contributed by atoms with Crippen molar-refractivity contribution in [3.05, 3.63) is 28.8 Å². The molecule has 1 amide bonds. The van der Waals surface area contributed by atoms with Gasteiger partial charge in [0.15, 0.2) is 0 Å². The summed E-state index contributed by atoms with van der Waals surface area (Å²) < 4.78 is 44.2. The molecule has 0 bridgehead atoms. The van der Waals surface area contributed by atoms with E-state index >= 15 is 0 Å². The topological polar surface area (TPSA) is 41.6 Å². The third-order valence-corrected chi connectivity index (χ3v) is 3.75. The van der Waals surface area contributed by atoms with E-state index in [4.69, 9.17) is 16.3 Å². The number of hydrogen-bond donors (Lipinski definition) is 1. The van der Waals surface area contributed by atoms with Crippen LogP contribution in [0.3, 0.4) is 0 Å². The van der Waals surface area contributed by atoms with Gasteiger partial charge in [-0.25, -0.2) is 0 Å². The predicted octanol–water partition coefficient (Wildman–Crippen LogP) is 3.02. The van der Waals surface area contributed by atoms with Crippen LogP contribution < -0.4 is 5.32 Å². The summed E-state index contributed by atoms with van der Waals surface area (Å²) in [7, 11) is 0. The molecule has 1 heterocycles. The molecule has 0 aromatic heterocycles. The predicted molar refractivity (Wildman–Crippen MR) is 76.9 cm³/mol. The van der Waals surface area contributed by atoms with Gasteiger partial charge >= 0.3 is 6.18 Å². The number of halogens is 4. The Morgan fingerprint density at radius 2 is 2.00 bits per heavy atom. The molecular formula is C14H16ClF3N2O2. The Labute approximate surface area is 131 Å². The number of nitrogens with zero attached hydrogens (tertiary/aromatic N) is 1. The zero-order valence-electron chi connectivity index (χ0n) is 11.9. The maximum Gasteiger partial charge on any atom is 0.418 e. The maximum atomic E-state index is 13.0. The molecule has 0 aliphatic carbocycles. The van der Waals surface area contributed by atoms with Crippen LogP contribution in [0.2, 0.25) is 5.02 Å². The molecular weight excluding hydrogens is 321 g/mol. The van der Waals surface area contributed by atoms with Gasteiger partial charge in [-0.1, -0.05) is 11.6 Å². The fourth-order valence-corrected chi connectivity index (χ4v) is 2.40.